The molecule has 0 spiro atoms. The first-order chi connectivity index (χ1) is 16.5. The molecule has 0 aliphatic heterocycles. The summed E-state index contributed by atoms with van der Waals surface area (Å²) in [6.07, 6.45) is 0.960. The zero-order valence-corrected chi connectivity index (χ0v) is 19.4. The average Bonchev–Trinajstić information content (AvgIpc) is 3.26. The molecule has 0 unspecified atom stereocenters. The molecule has 2 amide bonds. The highest BCUT2D eigenvalue weighted by atomic mass is 16.2. The van der Waals surface area contributed by atoms with Gasteiger partial charge >= 0.3 is 0 Å². The zero-order valence-electron chi connectivity index (χ0n) is 19.4. The lowest BCUT2D eigenvalue weighted by molar-refractivity contribution is -0.117. The highest BCUT2D eigenvalue weighted by Crippen LogP contribution is 2.25. The summed E-state index contributed by atoms with van der Waals surface area (Å²) in [6.45, 7) is 4.05. The van der Waals surface area contributed by atoms with E-state index in [-0.39, 0.29) is 24.7 Å². The second-order valence-electron chi connectivity index (χ2n) is 8.28. The van der Waals surface area contributed by atoms with E-state index in [0.29, 0.717) is 12.2 Å². The van der Waals surface area contributed by atoms with Gasteiger partial charge in [0, 0.05) is 30.2 Å². The zero-order chi connectivity index (χ0) is 23.9. The van der Waals surface area contributed by atoms with Crippen LogP contribution in [0, 0.1) is 13.8 Å². The van der Waals surface area contributed by atoms with Crippen LogP contribution in [0.4, 0.5) is 11.5 Å². The molecule has 0 saturated heterocycles. The SMILES string of the molecule is Cc1ccc(NC(=O)CCCC(=O)Nc2cc(-c3ccccc3)nn2-c2ccccc2)cc1C. The van der Waals surface area contributed by atoms with Gasteiger partial charge in [-0.05, 0) is 55.7 Å². The van der Waals surface area contributed by atoms with Gasteiger partial charge in [0.2, 0.25) is 11.8 Å². The first-order valence-electron chi connectivity index (χ1n) is 11.4. The van der Waals surface area contributed by atoms with Crippen LogP contribution in [0.3, 0.4) is 0 Å². The summed E-state index contributed by atoms with van der Waals surface area (Å²) in [7, 11) is 0. The van der Waals surface area contributed by atoms with E-state index in [0.717, 1.165) is 28.2 Å². The minimum Gasteiger partial charge on any atom is -0.326 e. The molecule has 3 aromatic carbocycles. The Morgan fingerprint density at radius 3 is 2.09 bits per heavy atom. The Hall–Kier alpha value is -4.19. The molecule has 4 aromatic rings. The predicted octanol–water partition coefficient (Wildman–Crippen LogP) is 5.90. The van der Waals surface area contributed by atoms with Crippen LogP contribution < -0.4 is 10.6 Å². The van der Waals surface area contributed by atoms with Gasteiger partial charge in [0.1, 0.15) is 5.82 Å². The summed E-state index contributed by atoms with van der Waals surface area (Å²) >= 11 is 0. The molecular formula is C28H28N4O2. The monoisotopic (exact) mass is 452 g/mol. The molecule has 4 rings (SSSR count). The first kappa shape index (κ1) is 23.0. The molecule has 6 heteroatoms. The third-order valence-electron chi connectivity index (χ3n) is 5.65. The molecule has 0 atom stereocenters. The maximum Gasteiger partial charge on any atom is 0.225 e. The van der Waals surface area contributed by atoms with E-state index in [1.807, 2.05) is 98.8 Å². The number of anilines is 2. The number of aryl methyl sites for hydroxylation is 2. The summed E-state index contributed by atoms with van der Waals surface area (Å²) in [4.78, 5) is 25.0. The Balaban J connectivity index is 1.38. The van der Waals surface area contributed by atoms with Gasteiger partial charge in [-0.3, -0.25) is 9.59 Å². The molecule has 2 N–H and O–H groups in total. The Kier molecular flexibility index (Phi) is 7.18. The van der Waals surface area contributed by atoms with Crippen molar-refractivity contribution in [3.05, 3.63) is 96.1 Å². The number of nitrogens with one attached hydrogen (secondary N) is 2. The fourth-order valence-electron chi connectivity index (χ4n) is 3.64. The third kappa shape index (κ3) is 5.78. The van der Waals surface area contributed by atoms with Crippen LogP contribution in [0.1, 0.15) is 30.4 Å². The van der Waals surface area contributed by atoms with Crippen LogP contribution in [0.2, 0.25) is 0 Å². The summed E-state index contributed by atoms with van der Waals surface area (Å²) < 4.78 is 1.73. The largest absolute Gasteiger partial charge is 0.326 e. The number of hydrogen-bond acceptors (Lipinski definition) is 3. The van der Waals surface area contributed by atoms with E-state index < -0.39 is 0 Å². The van der Waals surface area contributed by atoms with Gasteiger partial charge in [0.25, 0.3) is 0 Å². The van der Waals surface area contributed by atoms with Gasteiger partial charge in [-0.25, -0.2) is 4.68 Å². The number of amides is 2. The van der Waals surface area contributed by atoms with Gasteiger partial charge in [-0.2, -0.15) is 5.10 Å². The molecule has 0 bridgehead atoms. The topological polar surface area (TPSA) is 76.0 Å². The minimum absolute atomic E-state index is 0.100. The van der Waals surface area contributed by atoms with E-state index >= 15 is 0 Å². The number of carbonyl (C=O) groups excluding carboxylic acids is 2. The summed E-state index contributed by atoms with van der Waals surface area (Å²) in [6, 6.07) is 27.2. The normalized spacial score (nSPS) is 10.6. The first-order valence-corrected chi connectivity index (χ1v) is 11.4. The number of benzene rings is 3. The Morgan fingerprint density at radius 1 is 0.765 bits per heavy atom. The van der Waals surface area contributed by atoms with Crippen molar-refractivity contribution in [2.75, 3.05) is 10.6 Å². The minimum atomic E-state index is -0.157. The summed E-state index contributed by atoms with van der Waals surface area (Å²) in [5.41, 5.74) is 5.68. The maximum absolute atomic E-state index is 12.7. The fourth-order valence-corrected chi connectivity index (χ4v) is 3.64. The molecule has 172 valence electrons. The molecule has 0 aliphatic carbocycles. The van der Waals surface area contributed by atoms with Crippen LogP contribution in [-0.2, 0) is 9.59 Å². The van der Waals surface area contributed by atoms with Crippen molar-refractivity contribution in [3.8, 4) is 16.9 Å². The number of rotatable bonds is 8. The van der Waals surface area contributed by atoms with Crippen molar-refractivity contribution in [1.82, 2.24) is 9.78 Å². The number of carbonyl (C=O) groups is 2. The third-order valence-corrected chi connectivity index (χ3v) is 5.65. The summed E-state index contributed by atoms with van der Waals surface area (Å²) in [5, 5.41) is 10.6. The van der Waals surface area contributed by atoms with Crippen molar-refractivity contribution in [3.63, 3.8) is 0 Å². The highest BCUT2D eigenvalue weighted by Gasteiger charge is 2.14. The molecular weight excluding hydrogens is 424 g/mol. The maximum atomic E-state index is 12.7. The van der Waals surface area contributed by atoms with Crippen molar-refractivity contribution in [1.29, 1.82) is 0 Å². The van der Waals surface area contributed by atoms with Gasteiger partial charge in [-0.1, -0.05) is 54.6 Å². The lowest BCUT2D eigenvalue weighted by Crippen LogP contribution is -2.16. The Labute approximate surface area is 199 Å². The smallest absolute Gasteiger partial charge is 0.225 e. The number of para-hydroxylation sites is 1. The van der Waals surface area contributed by atoms with Crippen LogP contribution in [0.5, 0.6) is 0 Å². The molecule has 1 aromatic heterocycles. The van der Waals surface area contributed by atoms with E-state index in [9.17, 15) is 9.59 Å². The molecule has 0 fully saturated rings. The van der Waals surface area contributed by atoms with Gasteiger partial charge < -0.3 is 10.6 Å². The predicted molar refractivity (Wildman–Crippen MR) is 136 cm³/mol. The van der Waals surface area contributed by atoms with E-state index in [1.54, 1.807) is 4.68 Å². The second kappa shape index (κ2) is 10.6. The number of hydrogen-bond donors (Lipinski definition) is 2. The van der Waals surface area contributed by atoms with Crippen LogP contribution in [0.25, 0.3) is 16.9 Å². The molecule has 1 heterocycles. The Bertz CT molecular complexity index is 1280. The van der Waals surface area contributed by atoms with Gasteiger partial charge in [-0.15, -0.1) is 0 Å². The van der Waals surface area contributed by atoms with Crippen molar-refractivity contribution in [2.24, 2.45) is 0 Å². The van der Waals surface area contributed by atoms with Crippen molar-refractivity contribution >= 4 is 23.3 Å². The van der Waals surface area contributed by atoms with Gasteiger partial charge in [0.05, 0.1) is 11.4 Å². The van der Waals surface area contributed by atoms with E-state index in [1.165, 1.54) is 5.56 Å². The average molecular weight is 453 g/mol. The van der Waals surface area contributed by atoms with Crippen molar-refractivity contribution in [2.45, 2.75) is 33.1 Å². The molecule has 6 nitrogen and oxygen atoms in total. The van der Waals surface area contributed by atoms with Crippen LogP contribution >= 0.6 is 0 Å². The number of aromatic nitrogens is 2. The molecule has 34 heavy (non-hydrogen) atoms. The Morgan fingerprint density at radius 2 is 1.41 bits per heavy atom. The highest BCUT2D eigenvalue weighted by molar-refractivity contribution is 5.93. The lowest BCUT2D eigenvalue weighted by Gasteiger charge is -2.09. The molecule has 0 radical (unpaired) electrons. The second-order valence-corrected chi connectivity index (χ2v) is 8.28. The molecule has 0 aliphatic rings. The standard InChI is InChI=1S/C28H28N4O2/c1-20-16-17-23(18-21(20)2)29-27(33)14-9-15-28(34)30-26-19-25(22-10-5-3-6-11-22)31-32(26)24-12-7-4-8-13-24/h3-8,10-13,16-19H,9,14-15H2,1-2H3,(H,29,33)(H,30,34). The fraction of sp³-hybridized carbons (Fsp3) is 0.179. The van der Waals surface area contributed by atoms with E-state index in [4.69, 9.17) is 5.10 Å². The number of nitrogens with zero attached hydrogens (tertiary/aromatic N) is 2. The molecule has 0 saturated carbocycles. The lowest BCUT2D eigenvalue weighted by atomic mass is 10.1. The van der Waals surface area contributed by atoms with Gasteiger partial charge in [0.15, 0.2) is 0 Å². The summed E-state index contributed by atoms with van der Waals surface area (Å²) in [5.74, 6) is 0.335. The quantitative estimate of drug-likeness (QED) is 0.349. The van der Waals surface area contributed by atoms with Crippen LogP contribution in [-0.4, -0.2) is 21.6 Å². The van der Waals surface area contributed by atoms with Crippen molar-refractivity contribution < 1.29 is 9.59 Å². The van der Waals surface area contributed by atoms with E-state index in [2.05, 4.69) is 10.6 Å². The van der Waals surface area contributed by atoms with Crippen LogP contribution in [0.15, 0.2) is 84.9 Å².